The van der Waals surface area contributed by atoms with Crippen molar-refractivity contribution < 1.29 is 23.8 Å². The van der Waals surface area contributed by atoms with Gasteiger partial charge in [0.25, 0.3) is 5.91 Å². The third-order valence-corrected chi connectivity index (χ3v) is 6.38. The first-order valence-electron chi connectivity index (χ1n) is 9.93. The summed E-state index contributed by atoms with van der Waals surface area (Å²) in [5, 5.41) is 7.92. The lowest BCUT2D eigenvalue weighted by Crippen LogP contribution is -2.31. The van der Waals surface area contributed by atoms with Gasteiger partial charge in [0, 0.05) is 23.3 Å². The number of thiophene rings is 1. The quantitative estimate of drug-likeness (QED) is 0.419. The molecule has 4 rings (SSSR count). The molecule has 0 spiro atoms. The second-order valence-electron chi connectivity index (χ2n) is 7.06. The van der Waals surface area contributed by atoms with Gasteiger partial charge in [-0.2, -0.15) is 5.10 Å². The van der Waals surface area contributed by atoms with E-state index in [0.717, 1.165) is 16.2 Å². The van der Waals surface area contributed by atoms with E-state index in [-0.39, 0.29) is 11.6 Å². The van der Waals surface area contributed by atoms with Gasteiger partial charge in [0.15, 0.2) is 18.1 Å². The SMILES string of the molecule is COc1ccc([C@@H]2CC(c3cccs3)=NN2C(=O)COC(=O)c2cncc(Br)c2)cc1OC. The molecule has 0 unspecified atom stereocenters. The average Bonchev–Trinajstić information content (AvgIpc) is 3.52. The zero-order chi connectivity index (χ0) is 23.4. The summed E-state index contributed by atoms with van der Waals surface area (Å²) >= 11 is 4.82. The van der Waals surface area contributed by atoms with Gasteiger partial charge < -0.3 is 14.2 Å². The number of nitrogens with zero attached hydrogens (tertiary/aromatic N) is 3. The lowest BCUT2D eigenvalue weighted by atomic mass is 10.0. The highest BCUT2D eigenvalue weighted by atomic mass is 79.9. The Morgan fingerprint density at radius 3 is 2.67 bits per heavy atom. The van der Waals surface area contributed by atoms with Crippen LogP contribution in [-0.4, -0.2) is 48.4 Å². The molecule has 2 aromatic heterocycles. The molecule has 170 valence electrons. The Morgan fingerprint density at radius 1 is 1.15 bits per heavy atom. The van der Waals surface area contributed by atoms with Gasteiger partial charge in [-0.1, -0.05) is 12.1 Å². The minimum atomic E-state index is -0.638. The fourth-order valence-corrected chi connectivity index (χ4v) is 4.54. The van der Waals surface area contributed by atoms with E-state index < -0.39 is 18.5 Å². The second-order valence-corrected chi connectivity index (χ2v) is 8.93. The van der Waals surface area contributed by atoms with Crippen molar-refractivity contribution in [1.82, 2.24) is 9.99 Å². The first-order chi connectivity index (χ1) is 16.0. The smallest absolute Gasteiger partial charge is 0.340 e. The van der Waals surface area contributed by atoms with Gasteiger partial charge in [-0.3, -0.25) is 9.78 Å². The maximum atomic E-state index is 13.1. The molecule has 0 radical (unpaired) electrons. The van der Waals surface area contributed by atoms with Crippen LogP contribution in [0.15, 0.2) is 63.7 Å². The van der Waals surface area contributed by atoms with E-state index >= 15 is 0 Å². The first kappa shape index (κ1) is 22.9. The van der Waals surface area contributed by atoms with Crippen LogP contribution in [0.25, 0.3) is 0 Å². The van der Waals surface area contributed by atoms with E-state index in [1.807, 2.05) is 29.6 Å². The van der Waals surface area contributed by atoms with Crippen LogP contribution >= 0.6 is 27.3 Å². The van der Waals surface area contributed by atoms with Crippen LogP contribution in [0.3, 0.4) is 0 Å². The molecule has 0 N–H and O–H groups in total. The molecule has 0 saturated heterocycles. The van der Waals surface area contributed by atoms with Gasteiger partial charge in [0.1, 0.15) is 0 Å². The molecule has 1 aliphatic rings. The van der Waals surface area contributed by atoms with Crippen molar-refractivity contribution >= 4 is 44.9 Å². The molecule has 33 heavy (non-hydrogen) atoms. The Balaban J connectivity index is 1.56. The van der Waals surface area contributed by atoms with Crippen LogP contribution in [0.5, 0.6) is 11.5 Å². The zero-order valence-corrected chi connectivity index (χ0v) is 20.3. The summed E-state index contributed by atoms with van der Waals surface area (Å²) in [6, 6.07) is 10.6. The Hall–Kier alpha value is -3.24. The van der Waals surface area contributed by atoms with Crippen molar-refractivity contribution in [1.29, 1.82) is 0 Å². The number of hydrogen-bond donors (Lipinski definition) is 0. The number of carbonyl (C=O) groups is 2. The molecular formula is C23H20BrN3O5S. The summed E-state index contributed by atoms with van der Waals surface area (Å²) in [6.45, 7) is -0.448. The first-order valence-corrected chi connectivity index (χ1v) is 11.6. The Labute approximate surface area is 202 Å². The van der Waals surface area contributed by atoms with Crippen molar-refractivity contribution in [2.75, 3.05) is 20.8 Å². The number of halogens is 1. The van der Waals surface area contributed by atoms with E-state index in [4.69, 9.17) is 14.2 Å². The standard InChI is InChI=1S/C23H20BrN3O5S/c1-30-19-6-5-14(9-20(19)31-2)18-10-17(21-4-3-7-33-21)26-27(18)22(28)13-32-23(29)15-8-16(24)12-25-11-15/h3-9,11-12,18H,10,13H2,1-2H3/t18-/m0/s1. The maximum Gasteiger partial charge on any atom is 0.340 e. The van der Waals surface area contributed by atoms with Gasteiger partial charge in [-0.05, 0) is 51.1 Å². The van der Waals surface area contributed by atoms with Crippen molar-refractivity contribution in [3.8, 4) is 11.5 Å². The maximum absolute atomic E-state index is 13.1. The van der Waals surface area contributed by atoms with Crippen LogP contribution in [0.1, 0.15) is 33.3 Å². The van der Waals surface area contributed by atoms with Crippen LogP contribution < -0.4 is 9.47 Å². The van der Waals surface area contributed by atoms with Gasteiger partial charge in [0.2, 0.25) is 0 Å². The number of esters is 1. The van der Waals surface area contributed by atoms with E-state index in [0.29, 0.717) is 22.4 Å². The lowest BCUT2D eigenvalue weighted by molar-refractivity contribution is -0.136. The average molecular weight is 530 g/mol. The molecule has 1 amide bonds. The summed E-state index contributed by atoms with van der Waals surface area (Å²) in [5.41, 5.74) is 1.87. The molecule has 3 aromatic rings. The molecule has 0 aliphatic carbocycles. The zero-order valence-electron chi connectivity index (χ0n) is 17.9. The number of benzene rings is 1. The van der Waals surface area contributed by atoms with Crippen LogP contribution in [0, 0.1) is 0 Å². The molecule has 3 heterocycles. The van der Waals surface area contributed by atoms with Crippen molar-refractivity contribution in [3.63, 3.8) is 0 Å². The van der Waals surface area contributed by atoms with Crippen LogP contribution in [-0.2, 0) is 9.53 Å². The lowest BCUT2D eigenvalue weighted by Gasteiger charge is -2.22. The van der Waals surface area contributed by atoms with Crippen molar-refractivity contribution in [2.45, 2.75) is 12.5 Å². The molecular weight excluding hydrogens is 510 g/mol. The third kappa shape index (κ3) is 5.07. The molecule has 0 fully saturated rings. The molecule has 0 saturated carbocycles. The number of carbonyl (C=O) groups excluding carboxylic acids is 2. The van der Waals surface area contributed by atoms with E-state index in [1.54, 1.807) is 43.9 Å². The molecule has 1 aliphatic heterocycles. The monoisotopic (exact) mass is 529 g/mol. The largest absolute Gasteiger partial charge is 0.493 e. The van der Waals surface area contributed by atoms with Crippen LogP contribution in [0.4, 0.5) is 0 Å². The van der Waals surface area contributed by atoms with E-state index in [9.17, 15) is 9.59 Å². The minimum absolute atomic E-state index is 0.248. The number of ether oxygens (including phenoxy) is 3. The summed E-state index contributed by atoms with van der Waals surface area (Å²) < 4.78 is 16.6. The highest BCUT2D eigenvalue weighted by Gasteiger charge is 2.34. The number of methoxy groups -OCH3 is 2. The molecule has 0 bridgehead atoms. The van der Waals surface area contributed by atoms with Crippen molar-refractivity contribution in [2.24, 2.45) is 5.10 Å². The molecule has 1 atom stereocenters. The fourth-order valence-electron chi connectivity index (χ4n) is 3.45. The fraction of sp³-hybridized carbons (Fsp3) is 0.217. The van der Waals surface area contributed by atoms with Crippen LogP contribution in [0.2, 0.25) is 0 Å². The van der Waals surface area contributed by atoms with Gasteiger partial charge in [0.05, 0.1) is 36.4 Å². The van der Waals surface area contributed by atoms with E-state index in [1.165, 1.54) is 11.2 Å². The van der Waals surface area contributed by atoms with E-state index in [2.05, 4.69) is 26.0 Å². The summed E-state index contributed by atoms with van der Waals surface area (Å²) in [5.74, 6) is 0.0766. The number of rotatable bonds is 7. The number of pyridine rings is 1. The topological polar surface area (TPSA) is 90.3 Å². The number of amides is 1. The van der Waals surface area contributed by atoms with Gasteiger partial charge in [-0.15, -0.1) is 11.3 Å². The molecule has 10 heteroatoms. The number of hydrogen-bond acceptors (Lipinski definition) is 8. The Kier molecular flexibility index (Phi) is 7.05. The Bertz CT molecular complexity index is 1200. The normalized spacial score (nSPS) is 15.2. The molecule has 1 aromatic carbocycles. The van der Waals surface area contributed by atoms with Crippen molar-refractivity contribution in [3.05, 3.63) is 74.6 Å². The summed E-state index contributed by atoms with van der Waals surface area (Å²) in [6.07, 6.45) is 3.46. The number of aromatic nitrogens is 1. The highest BCUT2D eigenvalue weighted by molar-refractivity contribution is 9.10. The minimum Gasteiger partial charge on any atom is -0.493 e. The third-order valence-electron chi connectivity index (χ3n) is 5.03. The highest BCUT2D eigenvalue weighted by Crippen LogP contribution is 2.37. The predicted molar refractivity (Wildman–Crippen MR) is 127 cm³/mol. The van der Waals surface area contributed by atoms with Gasteiger partial charge >= 0.3 is 5.97 Å². The summed E-state index contributed by atoms with van der Waals surface area (Å²) in [4.78, 5) is 30.4. The Morgan fingerprint density at radius 2 is 1.97 bits per heavy atom. The second kappa shape index (κ2) is 10.1. The molecule has 8 nitrogen and oxygen atoms in total. The number of hydrazone groups is 1. The summed E-state index contributed by atoms with van der Waals surface area (Å²) in [7, 11) is 3.12. The predicted octanol–water partition coefficient (Wildman–Crippen LogP) is 4.46. The van der Waals surface area contributed by atoms with Gasteiger partial charge in [-0.25, -0.2) is 9.80 Å².